The molecule has 0 unspecified atom stereocenters. The van der Waals surface area contributed by atoms with Crippen LogP contribution < -0.4 is 15.0 Å². The van der Waals surface area contributed by atoms with E-state index >= 15 is 0 Å². The molecule has 0 amide bonds. The van der Waals surface area contributed by atoms with E-state index in [4.69, 9.17) is 9.72 Å². The second-order valence-electron chi connectivity index (χ2n) is 26.7. The van der Waals surface area contributed by atoms with Crippen molar-refractivity contribution in [2.45, 2.75) is 110 Å². The fourth-order valence-electron chi connectivity index (χ4n) is 12.4. The SMILES string of the molecule is CN(c1ccccc1Nc1cccc(Oc2cc3c4c5c(cccc5n(-c5cc(C(C)(C)C)ccn5)c4c2)C3(c2ccccc2)c2ccccc2)c1)c1c(-c2ccccc2)cc(C(C)(C)C)cc1-c1cc(C(C)(C)C)cc(C(C)(C)C)c1. The van der Waals surface area contributed by atoms with E-state index in [9.17, 15) is 0 Å². The number of para-hydroxylation sites is 2. The summed E-state index contributed by atoms with van der Waals surface area (Å²) in [4.78, 5) is 7.49. The number of benzene rings is 9. The number of hydrogen-bond acceptors (Lipinski definition) is 4. The molecule has 2 heterocycles. The topological polar surface area (TPSA) is 42.3 Å². The molecule has 1 aliphatic carbocycles. The lowest BCUT2D eigenvalue weighted by atomic mass is 9.67. The summed E-state index contributed by atoms with van der Waals surface area (Å²) in [5.41, 5.74) is 20.1. The zero-order valence-corrected chi connectivity index (χ0v) is 50.0. The summed E-state index contributed by atoms with van der Waals surface area (Å²) in [5, 5.41) is 6.36. The summed E-state index contributed by atoms with van der Waals surface area (Å²) < 4.78 is 9.57. The van der Waals surface area contributed by atoms with Crippen LogP contribution in [0.4, 0.5) is 22.7 Å². The van der Waals surface area contributed by atoms with Crippen molar-refractivity contribution in [3.8, 4) is 39.6 Å². The van der Waals surface area contributed by atoms with Crippen LogP contribution >= 0.6 is 0 Å². The highest BCUT2D eigenvalue weighted by atomic mass is 16.5. The molecule has 5 heteroatoms. The largest absolute Gasteiger partial charge is 0.457 e. The fourth-order valence-corrected chi connectivity index (χ4v) is 12.4. The van der Waals surface area contributed by atoms with Crippen molar-refractivity contribution in [3.05, 3.63) is 263 Å². The van der Waals surface area contributed by atoms with E-state index in [1.165, 1.54) is 77.5 Å². The Balaban J connectivity index is 0.991. The molecule has 0 spiro atoms. The summed E-state index contributed by atoms with van der Waals surface area (Å²) in [6, 6.07) is 77.8. The Morgan fingerprint density at radius 1 is 0.439 bits per heavy atom. The molecule has 5 nitrogen and oxygen atoms in total. The van der Waals surface area contributed by atoms with Crippen molar-refractivity contribution >= 4 is 44.6 Å². The predicted molar refractivity (Wildman–Crippen MR) is 347 cm³/mol. The van der Waals surface area contributed by atoms with Crippen molar-refractivity contribution in [2.24, 2.45) is 0 Å². The van der Waals surface area contributed by atoms with E-state index in [2.05, 4.69) is 317 Å². The van der Waals surface area contributed by atoms with Crippen LogP contribution in [0.15, 0.2) is 219 Å². The lowest BCUT2D eigenvalue weighted by Crippen LogP contribution is -2.29. The first-order valence-electron chi connectivity index (χ1n) is 29.1. The monoisotopic (exact) mass is 1070 g/mol. The van der Waals surface area contributed by atoms with Crippen molar-refractivity contribution in [1.29, 1.82) is 0 Å². The third-order valence-electron chi connectivity index (χ3n) is 16.9. The van der Waals surface area contributed by atoms with Gasteiger partial charge in [0, 0.05) is 53.0 Å². The van der Waals surface area contributed by atoms with Gasteiger partial charge in [0.1, 0.15) is 17.3 Å². The molecule has 0 bridgehead atoms. The number of rotatable bonds is 11. The molecule has 11 aromatic rings. The van der Waals surface area contributed by atoms with E-state index in [0.717, 1.165) is 51.1 Å². The highest BCUT2D eigenvalue weighted by Gasteiger charge is 2.47. The van der Waals surface area contributed by atoms with Crippen molar-refractivity contribution in [3.63, 3.8) is 0 Å². The van der Waals surface area contributed by atoms with Crippen molar-refractivity contribution in [1.82, 2.24) is 9.55 Å². The van der Waals surface area contributed by atoms with Gasteiger partial charge in [0.25, 0.3) is 0 Å². The summed E-state index contributed by atoms with van der Waals surface area (Å²) in [7, 11) is 2.22. The second-order valence-corrected chi connectivity index (χ2v) is 26.7. The molecule has 1 aliphatic rings. The molecule has 2 aromatic heterocycles. The number of nitrogens with zero attached hydrogens (tertiary/aromatic N) is 3. The second kappa shape index (κ2) is 20.1. The van der Waals surface area contributed by atoms with Crippen LogP contribution in [0.2, 0.25) is 0 Å². The Morgan fingerprint density at radius 3 is 1.61 bits per heavy atom. The Kier molecular flexibility index (Phi) is 13.2. The molecule has 9 aromatic carbocycles. The first-order valence-corrected chi connectivity index (χ1v) is 29.1. The molecular weight excluding hydrogens is 997 g/mol. The lowest BCUT2D eigenvalue weighted by molar-refractivity contribution is 0.482. The minimum absolute atomic E-state index is 0.0561. The first kappa shape index (κ1) is 53.9. The average molecular weight is 1070 g/mol. The van der Waals surface area contributed by atoms with Gasteiger partial charge in [0.15, 0.2) is 0 Å². The van der Waals surface area contributed by atoms with Gasteiger partial charge >= 0.3 is 0 Å². The van der Waals surface area contributed by atoms with E-state index in [1.807, 2.05) is 6.20 Å². The van der Waals surface area contributed by atoms with Crippen LogP contribution in [0, 0.1) is 0 Å². The van der Waals surface area contributed by atoms with Crippen LogP contribution in [-0.2, 0) is 27.1 Å². The number of aromatic nitrogens is 2. The normalized spacial score (nSPS) is 13.3. The Morgan fingerprint density at radius 2 is 0.988 bits per heavy atom. The van der Waals surface area contributed by atoms with Gasteiger partial charge in [-0.15, -0.1) is 0 Å². The Bertz CT molecular complexity index is 4130. The maximum Gasteiger partial charge on any atom is 0.137 e. The molecule has 0 radical (unpaired) electrons. The third-order valence-corrected chi connectivity index (χ3v) is 16.9. The molecule has 0 atom stereocenters. The van der Waals surface area contributed by atoms with Crippen LogP contribution in [-0.4, -0.2) is 16.6 Å². The number of nitrogens with one attached hydrogen (secondary N) is 1. The standard InChI is InChI=1S/C77H76N4O/c1-73(2,3)54-39-40-78-69(46-54)81-67-38-26-35-63-70(67)71-64(77(63,52-29-19-15-20-30-52)53-31-21-16-22-32-53)48-60(49-68(71)81)82-59-34-25-33-58(47-59)79-65-36-23-24-37-66(65)80(13)72-61(50-27-17-14-18-28-50)44-57(76(10,11)12)45-62(72)51-41-55(74(4,5)6)43-56(42-51)75(7,8)9/h14-49,79H,1-13H3. The van der Waals surface area contributed by atoms with E-state index in [0.29, 0.717) is 0 Å². The van der Waals surface area contributed by atoms with Gasteiger partial charge in [-0.25, -0.2) is 4.98 Å². The highest BCUT2D eigenvalue weighted by molar-refractivity contribution is 6.18. The van der Waals surface area contributed by atoms with Crippen LogP contribution in [0.25, 0.3) is 49.9 Å². The first-order chi connectivity index (χ1) is 39.1. The third kappa shape index (κ3) is 9.54. The van der Waals surface area contributed by atoms with E-state index < -0.39 is 5.41 Å². The minimum Gasteiger partial charge on any atom is -0.457 e. The number of hydrogen-bond donors (Lipinski definition) is 1. The zero-order chi connectivity index (χ0) is 57.5. The summed E-state index contributed by atoms with van der Waals surface area (Å²) in [6.07, 6.45) is 1.95. The quantitative estimate of drug-likeness (QED) is 0.140. The molecule has 12 rings (SSSR count). The highest BCUT2D eigenvalue weighted by Crippen LogP contribution is 2.58. The van der Waals surface area contributed by atoms with Gasteiger partial charge in [-0.05, 0) is 138 Å². The molecule has 0 saturated carbocycles. The van der Waals surface area contributed by atoms with Crippen LogP contribution in [0.5, 0.6) is 11.5 Å². The fraction of sp³-hybridized carbons (Fsp3) is 0.234. The van der Waals surface area contributed by atoms with Gasteiger partial charge < -0.3 is 15.0 Å². The minimum atomic E-state index is -0.610. The molecule has 410 valence electrons. The molecule has 82 heavy (non-hydrogen) atoms. The number of anilines is 4. The number of ether oxygens (including phenoxy) is 1. The van der Waals surface area contributed by atoms with E-state index in [-0.39, 0.29) is 21.7 Å². The summed E-state index contributed by atoms with van der Waals surface area (Å²) in [5.74, 6) is 2.35. The molecule has 0 saturated heterocycles. The molecular formula is C77H76N4O. The van der Waals surface area contributed by atoms with Crippen LogP contribution in [0.1, 0.15) is 128 Å². The Hall–Kier alpha value is -8.67. The maximum absolute atomic E-state index is 7.22. The smallest absolute Gasteiger partial charge is 0.137 e. The van der Waals surface area contributed by atoms with Crippen molar-refractivity contribution < 1.29 is 4.74 Å². The summed E-state index contributed by atoms with van der Waals surface area (Å²) >= 11 is 0. The average Bonchev–Trinajstić information content (AvgIpc) is 3.40. The van der Waals surface area contributed by atoms with Crippen molar-refractivity contribution in [2.75, 3.05) is 17.3 Å². The van der Waals surface area contributed by atoms with Crippen LogP contribution in [0.3, 0.4) is 0 Å². The number of pyridine rings is 1. The predicted octanol–water partition coefficient (Wildman–Crippen LogP) is 20.7. The molecule has 0 aliphatic heterocycles. The van der Waals surface area contributed by atoms with Gasteiger partial charge in [-0.1, -0.05) is 223 Å². The lowest BCUT2D eigenvalue weighted by Gasteiger charge is -2.35. The van der Waals surface area contributed by atoms with Gasteiger partial charge in [0.05, 0.1) is 33.5 Å². The van der Waals surface area contributed by atoms with Gasteiger partial charge in [-0.3, -0.25) is 4.57 Å². The summed E-state index contributed by atoms with van der Waals surface area (Å²) in [6.45, 7) is 27.7. The Labute approximate surface area is 486 Å². The van der Waals surface area contributed by atoms with E-state index in [1.54, 1.807) is 0 Å². The molecule has 1 N–H and O–H groups in total. The van der Waals surface area contributed by atoms with Gasteiger partial charge in [-0.2, -0.15) is 0 Å². The maximum atomic E-state index is 7.22. The molecule has 0 fully saturated rings. The zero-order valence-electron chi connectivity index (χ0n) is 50.0. The van der Waals surface area contributed by atoms with Gasteiger partial charge in [0.2, 0.25) is 0 Å².